The molecular formula is C25H26ClFN4O6S2. The number of halogens is 2. The van der Waals surface area contributed by atoms with Gasteiger partial charge in [-0.3, -0.25) is 8.98 Å². The highest BCUT2D eigenvalue weighted by atomic mass is 35.5. The maximum absolute atomic E-state index is 14.9. The SMILES string of the molecule is CNS(=O)(=O)O[C@@H]1C[C@@H](Nc2ncncc2C(=O)c2cc([C@@H]3OCCc4ccc(Cl)cc43)c(C)s2)[C@@H](F)[C@@H]1O. The molecule has 3 heterocycles. The Kier molecular flexibility index (Phi) is 8.02. The number of thiophene rings is 1. The van der Waals surface area contributed by atoms with Crippen LogP contribution in [-0.2, 0) is 25.6 Å². The van der Waals surface area contributed by atoms with Crippen LogP contribution in [0.3, 0.4) is 0 Å². The van der Waals surface area contributed by atoms with E-state index in [9.17, 15) is 22.7 Å². The first-order valence-corrected chi connectivity index (χ1v) is 14.7. The van der Waals surface area contributed by atoms with Crippen molar-refractivity contribution in [2.75, 3.05) is 19.0 Å². The molecule has 208 valence electrons. The molecule has 2 aromatic heterocycles. The van der Waals surface area contributed by atoms with Crippen molar-refractivity contribution in [3.05, 3.63) is 73.8 Å². The van der Waals surface area contributed by atoms with Crippen molar-refractivity contribution in [2.45, 2.75) is 50.3 Å². The van der Waals surface area contributed by atoms with Gasteiger partial charge in [0.05, 0.1) is 23.1 Å². The van der Waals surface area contributed by atoms with E-state index in [1.54, 1.807) is 6.07 Å². The van der Waals surface area contributed by atoms with E-state index in [0.717, 1.165) is 35.0 Å². The molecule has 0 saturated heterocycles. The number of ether oxygens (including phenoxy) is 1. The lowest BCUT2D eigenvalue weighted by Gasteiger charge is -2.26. The smallest absolute Gasteiger partial charge is 0.335 e. The summed E-state index contributed by atoms with van der Waals surface area (Å²) in [6.07, 6.45) is -2.11. The molecule has 39 heavy (non-hydrogen) atoms. The molecule has 2 aliphatic rings. The molecule has 0 amide bonds. The van der Waals surface area contributed by atoms with Crippen LogP contribution in [0, 0.1) is 6.92 Å². The number of nitrogens with zero attached hydrogens (tertiary/aromatic N) is 2. The number of hydrogen-bond donors (Lipinski definition) is 3. The number of aliphatic hydroxyl groups excluding tert-OH is 1. The number of carbonyl (C=O) groups is 1. The van der Waals surface area contributed by atoms with Gasteiger partial charge in [-0.25, -0.2) is 14.4 Å². The second-order valence-electron chi connectivity index (χ2n) is 9.29. The minimum Gasteiger partial charge on any atom is -0.387 e. The summed E-state index contributed by atoms with van der Waals surface area (Å²) >= 11 is 7.55. The molecule has 10 nitrogen and oxygen atoms in total. The number of aryl methyl sites for hydroxylation is 1. The predicted molar refractivity (Wildman–Crippen MR) is 143 cm³/mol. The average molecular weight is 597 g/mol. The number of nitrogens with one attached hydrogen (secondary N) is 2. The van der Waals surface area contributed by atoms with E-state index in [-0.39, 0.29) is 29.7 Å². The van der Waals surface area contributed by atoms with Crippen LogP contribution < -0.4 is 10.0 Å². The molecule has 3 N–H and O–H groups in total. The van der Waals surface area contributed by atoms with Crippen LogP contribution in [-0.4, -0.2) is 67.4 Å². The lowest BCUT2D eigenvalue weighted by molar-refractivity contribution is 0.0248. The van der Waals surface area contributed by atoms with Crippen molar-refractivity contribution in [3.8, 4) is 0 Å². The Morgan fingerprint density at radius 3 is 2.87 bits per heavy atom. The third-order valence-electron chi connectivity index (χ3n) is 6.87. The highest BCUT2D eigenvalue weighted by Gasteiger charge is 2.46. The predicted octanol–water partition coefficient (Wildman–Crippen LogP) is 3.13. The van der Waals surface area contributed by atoms with Gasteiger partial charge < -0.3 is 15.2 Å². The first-order chi connectivity index (χ1) is 18.6. The average Bonchev–Trinajstić information content (AvgIpc) is 3.42. The van der Waals surface area contributed by atoms with Crippen LogP contribution >= 0.6 is 22.9 Å². The quantitative estimate of drug-likeness (QED) is 0.335. The van der Waals surface area contributed by atoms with Gasteiger partial charge in [0.1, 0.15) is 36.6 Å². The number of rotatable bonds is 8. The number of aromatic nitrogens is 2. The molecule has 14 heteroatoms. The van der Waals surface area contributed by atoms with E-state index in [1.165, 1.54) is 23.9 Å². The van der Waals surface area contributed by atoms with Gasteiger partial charge in [-0.05, 0) is 48.2 Å². The van der Waals surface area contributed by atoms with Crippen molar-refractivity contribution < 1.29 is 31.6 Å². The zero-order valence-electron chi connectivity index (χ0n) is 20.9. The molecule has 1 fully saturated rings. The monoisotopic (exact) mass is 596 g/mol. The van der Waals surface area contributed by atoms with E-state index in [0.29, 0.717) is 16.5 Å². The Hall–Kier alpha value is -2.52. The number of benzene rings is 1. The van der Waals surface area contributed by atoms with Gasteiger partial charge in [0.2, 0.25) is 5.78 Å². The molecule has 1 saturated carbocycles. The summed E-state index contributed by atoms with van der Waals surface area (Å²) in [4.78, 5) is 23.0. The number of aliphatic hydroxyl groups is 1. The van der Waals surface area contributed by atoms with Crippen LogP contribution in [0.4, 0.5) is 10.2 Å². The first-order valence-electron chi connectivity index (χ1n) is 12.1. The van der Waals surface area contributed by atoms with Crippen LogP contribution in [0.1, 0.15) is 49.3 Å². The van der Waals surface area contributed by atoms with Crippen LogP contribution in [0.15, 0.2) is 36.8 Å². The van der Waals surface area contributed by atoms with Gasteiger partial charge in [-0.2, -0.15) is 13.1 Å². The molecule has 1 aromatic carbocycles. The molecule has 0 spiro atoms. The van der Waals surface area contributed by atoms with Crippen molar-refractivity contribution in [3.63, 3.8) is 0 Å². The summed E-state index contributed by atoms with van der Waals surface area (Å²) in [5.74, 6) is -0.315. The summed E-state index contributed by atoms with van der Waals surface area (Å²) in [6, 6.07) is 6.44. The zero-order valence-corrected chi connectivity index (χ0v) is 23.3. The third-order valence-corrected chi connectivity index (χ3v) is 9.17. The van der Waals surface area contributed by atoms with Crippen LogP contribution in [0.5, 0.6) is 0 Å². The second kappa shape index (κ2) is 11.2. The fourth-order valence-electron chi connectivity index (χ4n) is 4.87. The van der Waals surface area contributed by atoms with Gasteiger partial charge in [0.25, 0.3) is 0 Å². The topological polar surface area (TPSA) is 140 Å². The van der Waals surface area contributed by atoms with Gasteiger partial charge >= 0.3 is 10.3 Å². The zero-order chi connectivity index (χ0) is 27.9. The second-order valence-corrected chi connectivity index (χ2v) is 12.5. The highest BCUT2D eigenvalue weighted by molar-refractivity contribution is 7.84. The molecular weight excluding hydrogens is 571 g/mol. The lowest BCUT2D eigenvalue weighted by Crippen LogP contribution is -2.35. The minimum absolute atomic E-state index is 0.0608. The molecule has 0 bridgehead atoms. The van der Waals surface area contributed by atoms with Crippen molar-refractivity contribution in [2.24, 2.45) is 0 Å². The largest absolute Gasteiger partial charge is 0.387 e. The van der Waals surface area contributed by atoms with Gasteiger partial charge in [0, 0.05) is 29.6 Å². The van der Waals surface area contributed by atoms with Crippen molar-refractivity contribution in [1.29, 1.82) is 0 Å². The van der Waals surface area contributed by atoms with E-state index in [2.05, 4.69) is 15.3 Å². The standard InChI is InChI=1S/C25H26ClFN4O6S2/c1-12-15(24-16-7-14(26)4-3-13(16)5-6-36-24)8-20(38-12)22(32)17-10-29-11-30-25(17)31-18-9-19(23(33)21(18)27)37-39(34,35)28-2/h3-4,7-8,10-11,18-19,21,23-24,28,33H,5-6,9H2,1-2H3,(H,29,30,31)/t18-,19-,21-,23-,24+/m1/s1. The van der Waals surface area contributed by atoms with Crippen molar-refractivity contribution in [1.82, 2.24) is 14.7 Å². The van der Waals surface area contributed by atoms with Crippen LogP contribution in [0.25, 0.3) is 0 Å². The number of alkyl halides is 1. The highest BCUT2D eigenvalue weighted by Crippen LogP contribution is 2.39. The Balaban J connectivity index is 1.39. The maximum Gasteiger partial charge on any atom is 0.335 e. The fourth-order valence-corrected chi connectivity index (χ4v) is 6.66. The number of hydrogen-bond acceptors (Lipinski definition) is 10. The number of anilines is 1. The van der Waals surface area contributed by atoms with Gasteiger partial charge in [-0.1, -0.05) is 17.7 Å². The number of fused-ring (bicyclic) bond motifs is 1. The summed E-state index contributed by atoms with van der Waals surface area (Å²) in [5, 5.41) is 13.7. The Morgan fingerprint density at radius 2 is 2.10 bits per heavy atom. The molecule has 0 unspecified atom stereocenters. The van der Waals surface area contributed by atoms with E-state index in [4.69, 9.17) is 20.5 Å². The van der Waals surface area contributed by atoms with Crippen molar-refractivity contribution >= 4 is 44.8 Å². The first kappa shape index (κ1) is 28.0. The Bertz CT molecular complexity index is 1500. The number of ketones is 1. The molecule has 3 aromatic rings. The number of carbonyl (C=O) groups excluding carboxylic acids is 1. The lowest BCUT2D eigenvalue weighted by atomic mass is 9.93. The third kappa shape index (κ3) is 5.71. The summed E-state index contributed by atoms with van der Waals surface area (Å²) in [6.45, 7) is 2.45. The van der Waals surface area contributed by atoms with E-state index in [1.807, 2.05) is 29.8 Å². The molecule has 1 aliphatic carbocycles. The minimum atomic E-state index is -4.15. The van der Waals surface area contributed by atoms with Gasteiger partial charge in [0.15, 0.2) is 0 Å². The summed E-state index contributed by atoms with van der Waals surface area (Å²) < 4.78 is 51.3. The Morgan fingerprint density at radius 1 is 1.31 bits per heavy atom. The van der Waals surface area contributed by atoms with E-state index < -0.39 is 34.7 Å². The molecule has 1 aliphatic heterocycles. The summed E-state index contributed by atoms with van der Waals surface area (Å²) in [5.41, 5.74) is 3.06. The van der Waals surface area contributed by atoms with Gasteiger partial charge in [-0.15, -0.1) is 11.3 Å². The normalized spacial score (nSPS) is 24.9. The summed E-state index contributed by atoms with van der Waals surface area (Å²) in [7, 11) is -3.00. The molecule has 0 radical (unpaired) electrons. The molecule has 5 rings (SSSR count). The Labute approximate surface area is 233 Å². The fraction of sp³-hybridized carbons (Fsp3) is 0.400. The molecule has 5 atom stereocenters. The van der Waals surface area contributed by atoms with Crippen LogP contribution in [0.2, 0.25) is 5.02 Å². The maximum atomic E-state index is 14.9. The van der Waals surface area contributed by atoms with E-state index >= 15 is 0 Å².